The van der Waals surface area contributed by atoms with Crippen molar-refractivity contribution in [2.24, 2.45) is 0 Å². The fraction of sp³-hybridized carbons (Fsp3) is 0.333. The van der Waals surface area contributed by atoms with Crippen molar-refractivity contribution in [2.45, 2.75) is 12.3 Å². The highest BCUT2D eigenvalue weighted by atomic mass is 35.5. The van der Waals surface area contributed by atoms with Gasteiger partial charge in [0.05, 0.1) is 6.67 Å². The highest BCUT2D eigenvalue weighted by Gasteiger charge is 1.92. The average molecular weight is 173 g/mol. The van der Waals surface area contributed by atoms with Gasteiger partial charge in [-0.3, -0.25) is 4.39 Å². The van der Waals surface area contributed by atoms with E-state index in [-0.39, 0.29) is 6.67 Å². The molecule has 0 heterocycles. The minimum absolute atomic E-state index is 0.291. The third kappa shape index (κ3) is 2.51. The predicted octanol–water partition coefficient (Wildman–Crippen LogP) is 2.94. The van der Waals surface area contributed by atoms with Crippen LogP contribution in [0.2, 0.25) is 0 Å². The lowest BCUT2D eigenvalue weighted by atomic mass is 10.1. The van der Waals surface area contributed by atoms with Crippen molar-refractivity contribution >= 4 is 11.6 Å². The van der Waals surface area contributed by atoms with Crippen molar-refractivity contribution in [3.8, 4) is 0 Å². The monoisotopic (exact) mass is 172 g/mol. The Bertz CT molecular complexity index is 205. The molecule has 0 unspecified atom stereocenters. The van der Waals surface area contributed by atoms with Crippen molar-refractivity contribution in [1.29, 1.82) is 0 Å². The molecular formula is C9H10ClF. The topological polar surface area (TPSA) is 0 Å². The molecule has 0 bridgehead atoms. The zero-order valence-electron chi connectivity index (χ0n) is 6.19. The molecule has 11 heavy (non-hydrogen) atoms. The Hall–Kier alpha value is -0.560. The van der Waals surface area contributed by atoms with E-state index in [0.29, 0.717) is 12.3 Å². The van der Waals surface area contributed by atoms with Gasteiger partial charge < -0.3 is 0 Å². The van der Waals surface area contributed by atoms with Crippen LogP contribution in [0.1, 0.15) is 11.1 Å². The largest absolute Gasteiger partial charge is 0.251 e. The van der Waals surface area contributed by atoms with E-state index in [2.05, 4.69) is 0 Å². The van der Waals surface area contributed by atoms with Crippen LogP contribution < -0.4 is 0 Å². The summed E-state index contributed by atoms with van der Waals surface area (Å²) in [5.74, 6) is 0.524. The number of aryl methyl sites for hydroxylation is 1. The smallest absolute Gasteiger partial charge is 0.0934 e. The number of halogens is 2. The lowest BCUT2D eigenvalue weighted by molar-refractivity contribution is 0.495. The maximum atomic E-state index is 11.8. The summed E-state index contributed by atoms with van der Waals surface area (Å²) < 4.78 is 11.8. The summed E-state index contributed by atoms with van der Waals surface area (Å²) in [4.78, 5) is 0. The molecule has 0 saturated carbocycles. The van der Waals surface area contributed by atoms with Gasteiger partial charge in [-0.15, -0.1) is 11.6 Å². The van der Waals surface area contributed by atoms with Crippen LogP contribution >= 0.6 is 11.6 Å². The fourth-order valence-electron chi connectivity index (χ4n) is 0.904. The van der Waals surface area contributed by atoms with Crippen LogP contribution in [0.4, 0.5) is 4.39 Å². The van der Waals surface area contributed by atoms with E-state index in [1.54, 1.807) is 0 Å². The van der Waals surface area contributed by atoms with Gasteiger partial charge in [0, 0.05) is 12.3 Å². The molecule has 60 valence electrons. The van der Waals surface area contributed by atoms with Crippen LogP contribution in [-0.2, 0) is 12.3 Å². The normalized spacial score (nSPS) is 10.0. The average Bonchev–Trinajstić information content (AvgIpc) is 2.07. The fourth-order valence-corrected chi connectivity index (χ4v) is 1.08. The minimum Gasteiger partial charge on any atom is -0.251 e. The Morgan fingerprint density at radius 1 is 1.09 bits per heavy atom. The molecule has 0 amide bonds. The molecule has 0 nitrogen and oxygen atoms in total. The summed E-state index contributed by atoms with van der Waals surface area (Å²) >= 11 is 5.58. The molecule has 0 N–H and O–H groups in total. The first-order chi connectivity index (χ1) is 5.36. The molecule has 1 rings (SSSR count). The molecule has 0 aliphatic heterocycles. The second kappa shape index (κ2) is 4.35. The lowest BCUT2D eigenvalue weighted by Crippen LogP contribution is -1.86. The highest BCUT2D eigenvalue weighted by molar-refractivity contribution is 6.17. The zero-order valence-corrected chi connectivity index (χ0v) is 6.94. The first-order valence-corrected chi connectivity index (χ1v) is 4.10. The van der Waals surface area contributed by atoms with E-state index in [4.69, 9.17) is 11.6 Å². The Balaban J connectivity index is 2.66. The van der Waals surface area contributed by atoms with Crippen molar-refractivity contribution in [2.75, 3.05) is 6.67 Å². The molecule has 0 radical (unpaired) electrons. The van der Waals surface area contributed by atoms with Crippen LogP contribution in [0.5, 0.6) is 0 Å². The van der Waals surface area contributed by atoms with E-state index in [0.717, 1.165) is 11.1 Å². The highest BCUT2D eigenvalue weighted by Crippen LogP contribution is 2.07. The Labute approximate surface area is 71.0 Å². The molecule has 1 aromatic rings. The molecule has 0 aliphatic carbocycles. The summed E-state index contributed by atoms with van der Waals surface area (Å²) in [7, 11) is 0. The van der Waals surface area contributed by atoms with Gasteiger partial charge in [-0.05, 0) is 11.1 Å². The maximum Gasteiger partial charge on any atom is 0.0934 e. The molecule has 0 aliphatic rings. The summed E-state index contributed by atoms with van der Waals surface area (Å²) in [6.07, 6.45) is 0.503. The van der Waals surface area contributed by atoms with E-state index in [1.165, 1.54) is 0 Å². The second-order valence-electron chi connectivity index (χ2n) is 2.39. The van der Waals surface area contributed by atoms with Crippen molar-refractivity contribution in [1.82, 2.24) is 0 Å². The molecular weight excluding hydrogens is 163 g/mol. The van der Waals surface area contributed by atoms with Crippen LogP contribution in [0.15, 0.2) is 24.3 Å². The molecule has 0 atom stereocenters. The SMILES string of the molecule is FCCc1ccc(CCl)cc1. The second-order valence-corrected chi connectivity index (χ2v) is 2.66. The lowest BCUT2D eigenvalue weighted by Gasteiger charge is -1.97. The standard InChI is InChI=1S/C9H10ClF/c10-7-9-3-1-8(2-4-9)5-6-11/h1-4H,5-7H2. The number of alkyl halides is 2. The third-order valence-electron chi connectivity index (χ3n) is 1.56. The molecule has 0 saturated heterocycles. The van der Waals surface area contributed by atoms with Gasteiger partial charge in [-0.2, -0.15) is 0 Å². The number of benzene rings is 1. The van der Waals surface area contributed by atoms with Gasteiger partial charge in [-0.25, -0.2) is 0 Å². The summed E-state index contributed by atoms with van der Waals surface area (Å²) in [6.45, 7) is -0.291. The van der Waals surface area contributed by atoms with E-state index in [1.807, 2.05) is 24.3 Å². The molecule has 2 heteroatoms. The number of hydrogen-bond donors (Lipinski definition) is 0. The molecule has 0 fully saturated rings. The zero-order chi connectivity index (χ0) is 8.10. The van der Waals surface area contributed by atoms with Crippen molar-refractivity contribution < 1.29 is 4.39 Å². The van der Waals surface area contributed by atoms with Gasteiger partial charge in [-0.1, -0.05) is 24.3 Å². The van der Waals surface area contributed by atoms with Gasteiger partial charge in [0.1, 0.15) is 0 Å². The maximum absolute atomic E-state index is 11.8. The van der Waals surface area contributed by atoms with E-state index >= 15 is 0 Å². The van der Waals surface area contributed by atoms with Crippen LogP contribution in [-0.4, -0.2) is 6.67 Å². The predicted molar refractivity (Wildman–Crippen MR) is 45.7 cm³/mol. The van der Waals surface area contributed by atoms with Crippen LogP contribution in [0, 0.1) is 0 Å². The van der Waals surface area contributed by atoms with Gasteiger partial charge in [0.25, 0.3) is 0 Å². The van der Waals surface area contributed by atoms with Crippen LogP contribution in [0.25, 0.3) is 0 Å². The van der Waals surface area contributed by atoms with Crippen LogP contribution in [0.3, 0.4) is 0 Å². The number of hydrogen-bond acceptors (Lipinski definition) is 0. The quantitative estimate of drug-likeness (QED) is 0.615. The molecule has 0 aromatic heterocycles. The van der Waals surface area contributed by atoms with Crippen molar-refractivity contribution in [3.05, 3.63) is 35.4 Å². The third-order valence-corrected chi connectivity index (χ3v) is 1.87. The molecule has 0 spiro atoms. The van der Waals surface area contributed by atoms with Gasteiger partial charge >= 0.3 is 0 Å². The summed E-state index contributed by atoms with van der Waals surface area (Å²) in [5, 5.41) is 0. The van der Waals surface area contributed by atoms with Gasteiger partial charge in [0.2, 0.25) is 0 Å². The summed E-state index contributed by atoms with van der Waals surface area (Å²) in [5.41, 5.74) is 2.11. The van der Waals surface area contributed by atoms with E-state index < -0.39 is 0 Å². The Morgan fingerprint density at radius 3 is 2.09 bits per heavy atom. The minimum atomic E-state index is -0.291. The Morgan fingerprint density at radius 2 is 1.64 bits per heavy atom. The van der Waals surface area contributed by atoms with E-state index in [9.17, 15) is 4.39 Å². The molecule has 1 aromatic carbocycles. The Kier molecular flexibility index (Phi) is 3.37. The summed E-state index contributed by atoms with van der Waals surface area (Å²) in [6, 6.07) is 7.69. The number of rotatable bonds is 3. The van der Waals surface area contributed by atoms with Gasteiger partial charge in [0.15, 0.2) is 0 Å². The van der Waals surface area contributed by atoms with Crippen molar-refractivity contribution in [3.63, 3.8) is 0 Å². The first kappa shape index (κ1) is 8.54. The first-order valence-electron chi connectivity index (χ1n) is 3.56.